The molecule has 0 heterocycles. The second-order valence-electron chi connectivity index (χ2n) is 5.11. The van der Waals surface area contributed by atoms with Gasteiger partial charge in [0.05, 0.1) is 0 Å². The number of hydrogen-bond acceptors (Lipinski definition) is 2. The lowest BCUT2D eigenvalue weighted by Crippen LogP contribution is -2.29. The number of hydrogen-bond donors (Lipinski definition) is 1. The highest BCUT2D eigenvalue weighted by Crippen LogP contribution is 2.30. The van der Waals surface area contributed by atoms with E-state index in [-0.39, 0.29) is 0 Å². The van der Waals surface area contributed by atoms with Crippen LogP contribution in [0.25, 0.3) is 0 Å². The summed E-state index contributed by atoms with van der Waals surface area (Å²) in [5, 5.41) is 4.66. The maximum Gasteiger partial charge on any atom is 0.0296 e. The van der Waals surface area contributed by atoms with E-state index < -0.39 is 0 Å². The van der Waals surface area contributed by atoms with Crippen LogP contribution in [0.3, 0.4) is 0 Å². The van der Waals surface area contributed by atoms with Crippen LogP contribution in [-0.2, 0) is 0 Å². The van der Waals surface area contributed by atoms with E-state index in [2.05, 4.69) is 49.7 Å². The first-order chi connectivity index (χ1) is 8.20. The van der Waals surface area contributed by atoms with Crippen molar-refractivity contribution in [1.82, 2.24) is 5.32 Å². The molecule has 94 valence electrons. The Balaban J connectivity index is 1.94. The third kappa shape index (κ3) is 3.26. The van der Waals surface area contributed by atoms with E-state index in [0.717, 1.165) is 5.25 Å². The van der Waals surface area contributed by atoms with Gasteiger partial charge in [0, 0.05) is 17.3 Å². The van der Waals surface area contributed by atoms with Crippen LogP contribution in [0.5, 0.6) is 0 Å². The minimum atomic E-state index is 0.474. The molecule has 1 nitrogen and oxygen atoms in total. The molecule has 0 spiro atoms. The molecule has 1 aliphatic rings. The predicted octanol–water partition coefficient (Wildman–Crippen LogP) is 3.93. The molecule has 2 rings (SSSR count). The largest absolute Gasteiger partial charge is 0.307 e. The minimum absolute atomic E-state index is 0.474. The molecule has 1 saturated carbocycles. The Morgan fingerprint density at radius 3 is 2.71 bits per heavy atom. The smallest absolute Gasteiger partial charge is 0.0296 e. The Bertz CT molecular complexity index is 364. The van der Waals surface area contributed by atoms with Crippen LogP contribution in [0, 0.1) is 6.92 Å². The zero-order valence-electron chi connectivity index (χ0n) is 11.1. The van der Waals surface area contributed by atoms with Gasteiger partial charge in [0.2, 0.25) is 0 Å². The van der Waals surface area contributed by atoms with Crippen LogP contribution in [0.1, 0.15) is 43.4 Å². The van der Waals surface area contributed by atoms with Gasteiger partial charge in [-0.25, -0.2) is 0 Å². The van der Waals surface area contributed by atoms with Gasteiger partial charge in [-0.3, -0.25) is 0 Å². The number of benzene rings is 1. The Labute approximate surface area is 109 Å². The standard InChI is InChI=1S/C15H23NS/c1-11-6-4-5-7-15(11)12(2)16-13-8-9-14(10-13)17-3/h4-7,12-14,16H,8-10H2,1-3H3. The SMILES string of the molecule is CSC1CCC(NC(C)c2ccccc2C)C1. The molecule has 2 heteroatoms. The molecule has 3 unspecified atom stereocenters. The number of nitrogens with one attached hydrogen (secondary N) is 1. The highest BCUT2D eigenvalue weighted by atomic mass is 32.2. The topological polar surface area (TPSA) is 12.0 Å². The lowest BCUT2D eigenvalue weighted by molar-refractivity contribution is 0.461. The zero-order valence-corrected chi connectivity index (χ0v) is 11.9. The summed E-state index contributed by atoms with van der Waals surface area (Å²) in [4.78, 5) is 0. The van der Waals surface area contributed by atoms with Gasteiger partial charge in [-0.05, 0) is 50.5 Å². The van der Waals surface area contributed by atoms with Gasteiger partial charge in [0.15, 0.2) is 0 Å². The molecule has 1 N–H and O–H groups in total. The lowest BCUT2D eigenvalue weighted by atomic mass is 10.0. The van der Waals surface area contributed by atoms with Gasteiger partial charge in [-0.1, -0.05) is 24.3 Å². The summed E-state index contributed by atoms with van der Waals surface area (Å²) >= 11 is 2.02. The van der Waals surface area contributed by atoms with Crippen LogP contribution in [0.2, 0.25) is 0 Å². The average Bonchev–Trinajstić information content (AvgIpc) is 2.77. The molecular formula is C15H23NS. The van der Waals surface area contributed by atoms with Gasteiger partial charge in [-0.15, -0.1) is 0 Å². The third-order valence-electron chi connectivity index (χ3n) is 3.86. The van der Waals surface area contributed by atoms with Gasteiger partial charge >= 0.3 is 0 Å². The van der Waals surface area contributed by atoms with Crippen molar-refractivity contribution in [2.24, 2.45) is 0 Å². The van der Waals surface area contributed by atoms with Gasteiger partial charge in [0.1, 0.15) is 0 Å². The van der Waals surface area contributed by atoms with Crippen molar-refractivity contribution in [2.45, 2.75) is 50.4 Å². The lowest BCUT2D eigenvalue weighted by Gasteiger charge is -2.21. The molecule has 0 aromatic heterocycles. The first kappa shape index (κ1) is 13.0. The van der Waals surface area contributed by atoms with E-state index in [1.54, 1.807) is 0 Å². The Morgan fingerprint density at radius 1 is 1.29 bits per heavy atom. The number of rotatable bonds is 4. The summed E-state index contributed by atoms with van der Waals surface area (Å²) in [7, 11) is 0. The van der Waals surface area contributed by atoms with E-state index in [9.17, 15) is 0 Å². The third-order valence-corrected chi connectivity index (χ3v) is 4.95. The molecule has 1 aromatic carbocycles. The monoisotopic (exact) mass is 249 g/mol. The maximum absolute atomic E-state index is 3.79. The van der Waals surface area contributed by atoms with Crippen molar-refractivity contribution in [1.29, 1.82) is 0 Å². The number of aryl methyl sites for hydroxylation is 1. The summed E-state index contributed by atoms with van der Waals surface area (Å²) in [6.07, 6.45) is 6.27. The molecule has 1 aromatic rings. The first-order valence-electron chi connectivity index (χ1n) is 6.55. The fourth-order valence-corrected chi connectivity index (χ4v) is 3.62. The fourth-order valence-electron chi connectivity index (χ4n) is 2.82. The van der Waals surface area contributed by atoms with Crippen LogP contribution in [0.15, 0.2) is 24.3 Å². The Morgan fingerprint density at radius 2 is 2.06 bits per heavy atom. The van der Waals surface area contributed by atoms with Gasteiger partial charge in [-0.2, -0.15) is 11.8 Å². The van der Waals surface area contributed by atoms with Crippen LogP contribution >= 0.6 is 11.8 Å². The Hall–Kier alpha value is -0.470. The van der Waals surface area contributed by atoms with Crippen molar-refractivity contribution < 1.29 is 0 Å². The van der Waals surface area contributed by atoms with Gasteiger partial charge < -0.3 is 5.32 Å². The average molecular weight is 249 g/mol. The Kier molecular flexibility index (Phi) is 4.52. The predicted molar refractivity (Wildman–Crippen MR) is 77.7 cm³/mol. The van der Waals surface area contributed by atoms with Crippen molar-refractivity contribution in [3.63, 3.8) is 0 Å². The van der Waals surface area contributed by atoms with E-state index >= 15 is 0 Å². The summed E-state index contributed by atoms with van der Waals surface area (Å²) in [5.74, 6) is 0. The molecule has 17 heavy (non-hydrogen) atoms. The van der Waals surface area contributed by atoms with Crippen LogP contribution < -0.4 is 5.32 Å². The first-order valence-corrected chi connectivity index (χ1v) is 7.84. The van der Waals surface area contributed by atoms with E-state index in [1.165, 1.54) is 30.4 Å². The number of thioether (sulfide) groups is 1. The summed E-state index contributed by atoms with van der Waals surface area (Å²) in [5.41, 5.74) is 2.84. The minimum Gasteiger partial charge on any atom is -0.307 e. The van der Waals surface area contributed by atoms with Crippen LogP contribution in [0.4, 0.5) is 0 Å². The van der Waals surface area contributed by atoms with Crippen molar-refractivity contribution in [3.8, 4) is 0 Å². The molecule has 1 fully saturated rings. The molecule has 1 aliphatic carbocycles. The zero-order chi connectivity index (χ0) is 12.3. The van der Waals surface area contributed by atoms with E-state index in [1.807, 2.05) is 11.8 Å². The molecule has 0 aliphatic heterocycles. The van der Waals surface area contributed by atoms with E-state index in [0.29, 0.717) is 12.1 Å². The molecule has 0 radical (unpaired) electrons. The molecule has 0 amide bonds. The second-order valence-corrected chi connectivity index (χ2v) is 6.25. The highest BCUT2D eigenvalue weighted by molar-refractivity contribution is 7.99. The molecule has 0 bridgehead atoms. The second kappa shape index (κ2) is 5.92. The summed E-state index contributed by atoms with van der Waals surface area (Å²) < 4.78 is 0. The van der Waals surface area contributed by atoms with Crippen molar-refractivity contribution >= 4 is 11.8 Å². The summed E-state index contributed by atoms with van der Waals surface area (Å²) in [6, 6.07) is 9.88. The molecule has 3 atom stereocenters. The molecular weight excluding hydrogens is 226 g/mol. The maximum atomic E-state index is 3.79. The summed E-state index contributed by atoms with van der Waals surface area (Å²) in [6.45, 7) is 4.49. The quantitative estimate of drug-likeness (QED) is 0.867. The highest BCUT2D eigenvalue weighted by Gasteiger charge is 2.25. The normalized spacial score (nSPS) is 26.1. The van der Waals surface area contributed by atoms with Gasteiger partial charge in [0.25, 0.3) is 0 Å². The molecule has 0 saturated heterocycles. The van der Waals surface area contributed by atoms with E-state index in [4.69, 9.17) is 0 Å². The fraction of sp³-hybridized carbons (Fsp3) is 0.600. The van der Waals surface area contributed by atoms with Crippen molar-refractivity contribution in [3.05, 3.63) is 35.4 Å². The van der Waals surface area contributed by atoms with Crippen molar-refractivity contribution in [2.75, 3.05) is 6.26 Å². The van der Waals surface area contributed by atoms with Crippen LogP contribution in [-0.4, -0.2) is 17.5 Å².